The average molecular weight is 498 g/mol. The van der Waals surface area contributed by atoms with Gasteiger partial charge in [-0.15, -0.1) is 0 Å². The monoisotopic (exact) mass is 497 g/mol. The smallest absolute Gasteiger partial charge is 0.226 e. The third-order valence-electron chi connectivity index (χ3n) is 5.80. The predicted molar refractivity (Wildman–Crippen MR) is 143 cm³/mol. The molecule has 0 atom stereocenters. The van der Waals surface area contributed by atoms with Gasteiger partial charge in [-0.3, -0.25) is 4.79 Å². The van der Waals surface area contributed by atoms with E-state index in [9.17, 15) is 4.79 Å². The summed E-state index contributed by atoms with van der Waals surface area (Å²) in [7, 11) is 3.50. The SMILES string of the molecule is Cc1oc(-c2ccccc2)nc1COc1ccc(CO/N=C(/CCC(=O)N(C)C)c2ccccc2)cc1. The highest BCUT2D eigenvalue weighted by Gasteiger charge is 2.12. The molecule has 0 aliphatic rings. The van der Waals surface area contributed by atoms with Gasteiger partial charge in [0, 0.05) is 32.5 Å². The maximum atomic E-state index is 12.0. The van der Waals surface area contributed by atoms with E-state index in [-0.39, 0.29) is 5.91 Å². The lowest BCUT2D eigenvalue weighted by Gasteiger charge is -2.11. The Labute approximate surface area is 217 Å². The van der Waals surface area contributed by atoms with E-state index >= 15 is 0 Å². The zero-order chi connectivity index (χ0) is 26.0. The fourth-order valence-electron chi connectivity index (χ4n) is 3.61. The second-order valence-corrected chi connectivity index (χ2v) is 8.79. The largest absolute Gasteiger partial charge is 0.487 e. The van der Waals surface area contributed by atoms with Gasteiger partial charge in [0.15, 0.2) is 0 Å². The number of carbonyl (C=O) groups excluding carboxylic acids is 1. The summed E-state index contributed by atoms with van der Waals surface area (Å²) in [6, 6.07) is 27.2. The summed E-state index contributed by atoms with van der Waals surface area (Å²) in [5.74, 6) is 2.10. The summed E-state index contributed by atoms with van der Waals surface area (Å²) in [4.78, 5) is 23.9. The van der Waals surface area contributed by atoms with E-state index in [1.54, 1.807) is 19.0 Å². The van der Waals surface area contributed by atoms with Crippen molar-refractivity contribution in [1.29, 1.82) is 0 Å². The van der Waals surface area contributed by atoms with Crippen molar-refractivity contribution in [3.05, 3.63) is 108 Å². The molecule has 7 heteroatoms. The number of oxime groups is 1. The number of nitrogens with zero attached hydrogens (tertiary/aromatic N) is 3. The quantitative estimate of drug-likeness (QED) is 0.187. The molecule has 0 saturated heterocycles. The van der Waals surface area contributed by atoms with Crippen LogP contribution in [0.15, 0.2) is 94.5 Å². The number of ether oxygens (including phenoxy) is 1. The van der Waals surface area contributed by atoms with Gasteiger partial charge in [-0.2, -0.15) is 0 Å². The maximum Gasteiger partial charge on any atom is 0.226 e. The van der Waals surface area contributed by atoms with Gasteiger partial charge in [0.25, 0.3) is 0 Å². The van der Waals surface area contributed by atoms with E-state index in [0.717, 1.165) is 39.6 Å². The van der Waals surface area contributed by atoms with Gasteiger partial charge in [-0.05, 0) is 42.3 Å². The van der Waals surface area contributed by atoms with Crippen LogP contribution in [0.25, 0.3) is 11.5 Å². The molecule has 0 bridgehead atoms. The molecular weight excluding hydrogens is 466 g/mol. The van der Waals surface area contributed by atoms with Crippen LogP contribution in [-0.4, -0.2) is 35.6 Å². The first kappa shape index (κ1) is 25.7. The molecule has 0 aliphatic heterocycles. The lowest BCUT2D eigenvalue weighted by molar-refractivity contribution is -0.128. The van der Waals surface area contributed by atoms with Crippen molar-refractivity contribution in [3.63, 3.8) is 0 Å². The normalized spacial score (nSPS) is 11.3. The van der Waals surface area contributed by atoms with E-state index in [4.69, 9.17) is 14.0 Å². The first-order chi connectivity index (χ1) is 18.0. The van der Waals surface area contributed by atoms with Gasteiger partial charge in [0.1, 0.15) is 30.4 Å². The summed E-state index contributed by atoms with van der Waals surface area (Å²) in [5, 5.41) is 4.35. The van der Waals surface area contributed by atoms with Gasteiger partial charge in [0.2, 0.25) is 11.8 Å². The van der Waals surface area contributed by atoms with Crippen molar-refractivity contribution in [1.82, 2.24) is 9.88 Å². The number of hydrogen-bond acceptors (Lipinski definition) is 6. The van der Waals surface area contributed by atoms with Crippen LogP contribution >= 0.6 is 0 Å². The standard InChI is InChI=1S/C30H31N3O4/c1-22-28(31-30(37-22)25-12-8-5-9-13-25)21-35-26-16-14-23(15-17-26)20-36-32-27(18-19-29(34)33(2)3)24-10-6-4-7-11-24/h4-17H,18-21H2,1-3H3/b32-27-. The zero-order valence-corrected chi connectivity index (χ0v) is 21.4. The number of benzene rings is 3. The number of hydrogen-bond donors (Lipinski definition) is 0. The Hall–Kier alpha value is -4.39. The van der Waals surface area contributed by atoms with Crippen LogP contribution in [0.4, 0.5) is 0 Å². The maximum absolute atomic E-state index is 12.0. The Bertz CT molecular complexity index is 1310. The first-order valence-electron chi connectivity index (χ1n) is 12.2. The molecule has 4 aromatic rings. The van der Waals surface area contributed by atoms with E-state index in [2.05, 4.69) is 10.1 Å². The fourth-order valence-corrected chi connectivity index (χ4v) is 3.61. The van der Waals surface area contributed by atoms with Gasteiger partial charge >= 0.3 is 0 Å². The van der Waals surface area contributed by atoms with Gasteiger partial charge in [-0.1, -0.05) is 65.8 Å². The summed E-state index contributed by atoms with van der Waals surface area (Å²) in [6.07, 6.45) is 0.870. The molecule has 0 unspecified atom stereocenters. The first-order valence-corrected chi connectivity index (χ1v) is 12.2. The molecule has 0 spiro atoms. The third kappa shape index (κ3) is 7.30. The Morgan fingerprint density at radius 3 is 2.24 bits per heavy atom. The number of amides is 1. The van der Waals surface area contributed by atoms with E-state index in [1.165, 1.54) is 0 Å². The molecule has 0 N–H and O–H groups in total. The molecule has 3 aromatic carbocycles. The molecule has 0 saturated carbocycles. The van der Waals surface area contributed by atoms with Gasteiger partial charge in [0.05, 0.1) is 5.71 Å². The topological polar surface area (TPSA) is 77.2 Å². The third-order valence-corrected chi connectivity index (χ3v) is 5.80. The molecule has 0 aliphatic carbocycles. The van der Waals surface area contributed by atoms with Gasteiger partial charge < -0.3 is 18.9 Å². The average Bonchev–Trinajstić information content (AvgIpc) is 3.31. The van der Waals surface area contributed by atoms with Crippen molar-refractivity contribution in [2.45, 2.75) is 33.0 Å². The summed E-state index contributed by atoms with van der Waals surface area (Å²) in [5.41, 5.74) is 4.34. The zero-order valence-electron chi connectivity index (χ0n) is 21.4. The van der Waals surface area contributed by atoms with E-state index < -0.39 is 0 Å². The second-order valence-electron chi connectivity index (χ2n) is 8.79. The van der Waals surface area contributed by atoms with Crippen molar-refractivity contribution in [2.24, 2.45) is 5.16 Å². The Morgan fingerprint density at radius 2 is 1.57 bits per heavy atom. The molecule has 1 heterocycles. The number of oxazole rings is 1. The van der Waals surface area contributed by atoms with Crippen LogP contribution in [-0.2, 0) is 22.8 Å². The lowest BCUT2D eigenvalue weighted by Crippen LogP contribution is -2.22. The van der Waals surface area contributed by atoms with Crippen molar-refractivity contribution in [2.75, 3.05) is 14.1 Å². The van der Waals surface area contributed by atoms with Crippen LogP contribution < -0.4 is 4.74 Å². The lowest BCUT2D eigenvalue weighted by atomic mass is 10.1. The van der Waals surface area contributed by atoms with Crippen LogP contribution in [0, 0.1) is 6.92 Å². The molecule has 190 valence electrons. The molecule has 4 rings (SSSR count). The van der Waals surface area contributed by atoms with Crippen LogP contribution in [0.2, 0.25) is 0 Å². The van der Waals surface area contributed by atoms with Crippen LogP contribution in [0.5, 0.6) is 5.75 Å². The highest BCUT2D eigenvalue weighted by Crippen LogP contribution is 2.23. The minimum absolute atomic E-state index is 0.0522. The van der Waals surface area contributed by atoms with E-state index in [1.807, 2.05) is 91.9 Å². The number of aromatic nitrogens is 1. The minimum Gasteiger partial charge on any atom is -0.487 e. The predicted octanol–water partition coefficient (Wildman–Crippen LogP) is 6.02. The summed E-state index contributed by atoms with van der Waals surface area (Å²) in [6.45, 7) is 2.51. The second kappa shape index (κ2) is 12.5. The number of rotatable bonds is 11. The van der Waals surface area contributed by atoms with E-state index in [0.29, 0.717) is 31.9 Å². The molecule has 1 aromatic heterocycles. The van der Waals surface area contributed by atoms with Crippen molar-refractivity contribution < 1.29 is 18.8 Å². The molecule has 7 nitrogen and oxygen atoms in total. The van der Waals surface area contributed by atoms with Gasteiger partial charge in [-0.25, -0.2) is 4.98 Å². The van der Waals surface area contributed by atoms with Crippen molar-refractivity contribution >= 4 is 11.6 Å². The molecular formula is C30H31N3O4. The molecule has 0 fully saturated rings. The van der Waals surface area contributed by atoms with Crippen molar-refractivity contribution in [3.8, 4) is 17.2 Å². The Morgan fingerprint density at radius 1 is 0.892 bits per heavy atom. The highest BCUT2D eigenvalue weighted by atomic mass is 16.6. The molecule has 1 amide bonds. The minimum atomic E-state index is 0.0522. The number of carbonyl (C=O) groups is 1. The Balaban J connectivity index is 1.32. The van der Waals surface area contributed by atoms with Crippen LogP contribution in [0.1, 0.15) is 35.4 Å². The summed E-state index contributed by atoms with van der Waals surface area (Å²) < 4.78 is 11.7. The fraction of sp³-hybridized carbons (Fsp3) is 0.233. The number of aryl methyl sites for hydroxylation is 1. The molecule has 37 heavy (non-hydrogen) atoms. The van der Waals surface area contributed by atoms with Crippen LogP contribution in [0.3, 0.4) is 0 Å². The summed E-state index contributed by atoms with van der Waals surface area (Å²) >= 11 is 0. The highest BCUT2D eigenvalue weighted by molar-refractivity contribution is 6.01. The molecule has 0 radical (unpaired) electrons. The Kier molecular flexibility index (Phi) is 8.70.